The Kier molecular flexibility index (Phi) is 3.27. The zero-order valence-electron chi connectivity index (χ0n) is 8.67. The van der Waals surface area contributed by atoms with Gasteiger partial charge in [0.25, 0.3) is 0 Å². The molecule has 1 aromatic heterocycles. The van der Waals surface area contributed by atoms with Crippen molar-refractivity contribution in [2.24, 2.45) is 0 Å². The molecule has 0 aliphatic rings. The van der Waals surface area contributed by atoms with Gasteiger partial charge in [0.1, 0.15) is 15.8 Å². The Labute approximate surface area is 97.1 Å². The van der Waals surface area contributed by atoms with Gasteiger partial charge in [-0.05, 0) is 17.7 Å². The Morgan fingerprint density at radius 1 is 1.06 bits per heavy atom. The zero-order valence-corrected chi connectivity index (χ0v) is 9.48. The molecule has 0 fully saturated rings. The van der Waals surface area contributed by atoms with Crippen molar-refractivity contribution in [3.05, 3.63) is 66.9 Å². The Hall–Kier alpha value is -1.74. The Morgan fingerprint density at radius 2 is 1.75 bits per heavy atom. The number of nitrogens with zero attached hydrogens (tertiary/aromatic N) is 1. The minimum absolute atomic E-state index is 0.538. The standard InChI is InChI=1S/C13H11NOS/c1-11(12-7-3-2-4-8-12)16(15)13-9-5-6-10-14-13/h2-10H,1H2. The van der Waals surface area contributed by atoms with Crippen LogP contribution in [0.5, 0.6) is 0 Å². The van der Waals surface area contributed by atoms with E-state index in [0.29, 0.717) is 9.93 Å². The van der Waals surface area contributed by atoms with Crippen molar-refractivity contribution in [1.82, 2.24) is 4.98 Å². The largest absolute Gasteiger partial charge is 0.247 e. The van der Waals surface area contributed by atoms with Crippen LogP contribution in [0.25, 0.3) is 4.91 Å². The molecule has 2 nitrogen and oxygen atoms in total. The molecule has 1 atom stereocenters. The van der Waals surface area contributed by atoms with Crippen LogP contribution >= 0.6 is 0 Å². The molecular formula is C13H11NOS. The Bertz CT molecular complexity index is 458. The fourth-order valence-corrected chi connectivity index (χ4v) is 2.28. The van der Waals surface area contributed by atoms with Gasteiger partial charge in [-0.15, -0.1) is 0 Å². The van der Waals surface area contributed by atoms with E-state index >= 15 is 0 Å². The van der Waals surface area contributed by atoms with Crippen molar-refractivity contribution in [3.8, 4) is 0 Å². The molecule has 0 spiro atoms. The van der Waals surface area contributed by atoms with E-state index in [4.69, 9.17) is 0 Å². The molecule has 3 heteroatoms. The Balaban J connectivity index is 2.28. The molecule has 0 radical (unpaired) electrons. The van der Waals surface area contributed by atoms with Crippen LogP contribution in [0, 0.1) is 0 Å². The van der Waals surface area contributed by atoms with Crippen LogP contribution in [0.2, 0.25) is 0 Å². The summed E-state index contributed by atoms with van der Waals surface area (Å²) in [5.74, 6) is 0. The molecule has 0 aliphatic carbocycles. The minimum Gasteiger partial charge on any atom is -0.247 e. The molecule has 0 N–H and O–H groups in total. The number of aromatic nitrogens is 1. The first-order valence-corrected chi connectivity index (χ1v) is 6.01. The van der Waals surface area contributed by atoms with E-state index in [1.807, 2.05) is 36.4 Å². The maximum atomic E-state index is 12.1. The molecule has 16 heavy (non-hydrogen) atoms. The van der Waals surface area contributed by atoms with Crippen LogP contribution in [-0.2, 0) is 10.8 Å². The molecule has 2 rings (SSSR count). The maximum absolute atomic E-state index is 12.1. The van der Waals surface area contributed by atoms with E-state index in [1.54, 1.807) is 18.3 Å². The highest BCUT2D eigenvalue weighted by Crippen LogP contribution is 2.20. The second-order valence-corrected chi connectivity index (χ2v) is 4.67. The van der Waals surface area contributed by atoms with E-state index < -0.39 is 10.8 Å². The van der Waals surface area contributed by atoms with Crippen LogP contribution in [0.4, 0.5) is 0 Å². The van der Waals surface area contributed by atoms with Crippen molar-refractivity contribution < 1.29 is 4.21 Å². The third-order valence-electron chi connectivity index (χ3n) is 2.15. The van der Waals surface area contributed by atoms with Gasteiger partial charge >= 0.3 is 0 Å². The fourth-order valence-electron chi connectivity index (χ4n) is 1.31. The second-order valence-electron chi connectivity index (χ2n) is 3.23. The van der Waals surface area contributed by atoms with Crippen molar-refractivity contribution in [3.63, 3.8) is 0 Å². The lowest BCUT2D eigenvalue weighted by Crippen LogP contribution is -1.96. The predicted molar refractivity (Wildman–Crippen MR) is 66.1 cm³/mol. The highest BCUT2D eigenvalue weighted by molar-refractivity contribution is 7.94. The van der Waals surface area contributed by atoms with Gasteiger partial charge in [0, 0.05) is 11.1 Å². The van der Waals surface area contributed by atoms with Crippen LogP contribution in [-0.4, -0.2) is 9.19 Å². The summed E-state index contributed by atoms with van der Waals surface area (Å²) in [7, 11) is -1.28. The first-order valence-electron chi connectivity index (χ1n) is 4.86. The minimum atomic E-state index is -1.28. The van der Waals surface area contributed by atoms with E-state index in [1.165, 1.54) is 0 Å². The fraction of sp³-hybridized carbons (Fsp3) is 0. The average molecular weight is 229 g/mol. The molecule has 0 aliphatic heterocycles. The van der Waals surface area contributed by atoms with Gasteiger partial charge in [-0.3, -0.25) is 0 Å². The van der Waals surface area contributed by atoms with Crippen molar-refractivity contribution in [1.29, 1.82) is 0 Å². The van der Waals surface area contributed by atoms with E-state index in [2.05, 4.69) is 11.6 Å². The van der Waals surface area contributed by atoms with Crippen molar-refractivity contribution in [2.45, 2.75) is 5.03 Å². The lowest BCUT2D eigenvalue weighted by atomic mass is 10.2. The lowest BCUT2D eigenvalue weighted by molar-refractivity contribution is 0.686. The summed E-state index contributed by atoms with van der Waals surface area (Å²) in [6, 6.07) is 14.9. The summed E-state index contributed by atoms with van der Waals surface area (Å²) in [5, 5.41) is 0.538. The third kappa shape index (κ3) is 2.25. The van der Waals surface area contributed by atoms with E-state index in [0.717, 1.165) is 5.56 Å². The molecule has 0 amide bonds. The smallest absolute Gasteiger partial charge is 0.132 e. The van der Waals surface area contributed by atoms with Gasteiger partial charge in [-0.1, -0.05) is 43.0 Å². The third-order valence-corrected chi connectivity index (χ3v) is 3.45. The number of hydrogen-bond acceptors (Lipinski definition) is 2. The Morgan fingerprint density at radius 3 is 2.38 bits per heavy atom. The van der Waals surface area contributed by atoms with E-state index in [9.17, 15) is 4.21 Å². The lowest BCUT2D eigenvalue weighted by Gasteiger charge is -2.04. The summed E-state index contributed by atoms with van der Waals surface area (Å²) in [5.41, 5.74) is 0.881. The quantitative estimate of drug-likeness (QED) is 0.810. The topological polar surface area (TPSA) is 30.0 Å². The van der Waals surface area contributed by atoms with Crippen molar-refractivity contribution >= 4 is 15.7 Å². The molecule has 0 saturated carbocycles. The van der Waals surface area contributed by atoms with Gasteiger partial charge in [-0.25, -0.2) is 9.19 Å². The molecular weight excluding hydrogens is 218 g/mol. The first-order chi connectivity index (χ1) is 7.79. The maximum Gasteiger partial charge on any atom is 0.132 e. The summed E-state index contributed by atoms with van der Waals surface area (Å²) in [6.07, 6.45) is 1.63. The monoisotopic (exact) mass is 229 g/mol. The first kappa shape index (κ1) is 10.8. The molecule has 0 saturated heterocycles. The van der Waals surface area contributed by atoms with Crippen LogP contribution in [0.15, 0.2) is 66.3 Å². The molecule has 1 heterocycles. The van der Waals surface area contributed by atoms with Gasteiger partial charge < -0.3 is 0 Å². The summed E-state index contributed by atoms with van der Waals surface area (Å²) >= 11 is 0. The number of pyridine rings is 1. The number of benzene rings is 1. The van der Waals surface area contributed by atoms with E-state index in [-0.39, 0.29) is 0 Å². The van der Waals surface area contributed by atoms with Crippen LogP contribution in [0.3, 0.4) is 0 Å². The molecule has 0 bridgehead atoms. The molecule has 80 valence electrons. The summed E-state index contributed by atoms with van der Waals surface area (Å²) < 4.78 is 12.1. The molecule has 2 aromatic rings. The average Bonchev–Trinajstić information content (AvgIpc) is 2.39. The highest BCUT2D eigenvalue weighted by Gasteiger charge is 2.10. The molecule has 1 aromatic carbocycles. The van der Waals surface area contributed by atoms with Gasteiger partial charge in [0.2, 0.25) is 0 Å². The second kappa shape index (κ2) is 4.86. The zero-order chi connectivity index (χ0) is 11.4. The van der Waals surface area contributed by atoms with Gasteiger partial charge in [0.05, 0.1) is 0 Å². The van der Waals surface area contributed by atoms with Gasteiger partial charge in [0.15, 0.2) is 0 Å². The predicted octanol–water partition coefficient (Wildman–Crippen LogP) is 2.86. The van der Waals surface area contributed by atoms with Crippen LogP contribution < -0.4 is 0 Å². The summed E-state index contributed by atoms with van der Waals surface area (Å²) in [6.45, 7) is 3.86. The normalized spacial score (nSPS) is 12.0. The number of hydrogen-bond donors (Lipinski definition) is 0. The van der Waals surface area contributed by atoms with Crippen molar-refractivity contribution in [2.75, 3.05) is 0 Å². The number of rotatable bonds is 3. The molecule has 1 unspecified atom stereocenters. The van der Waals surface area contributed by atoms with Crippen LogP contribution in [0.1, 0.15) is 5.56 Å². The van der Waals surface area contributed by atoms with Gasteiger partial charge in [-0.2, -0.15) is 0 Å². The summed E-state index contributed by atoms with van der Waals surface area (Å²) in [4.78, 5) is 4.65. The SMILES string of the molecule is C=C(c1ccccc1)S(=O)c1ccccn1. The highest BCUT2D eigenvalue weighted by atomic mass is 32.2.